The summed E-state index contributed by atoms with van der Waals surface area (Å²) in [5, 5.41) is 0.842. The fourth-order valence-electron chi connectivity index (χ4n) is 1.58. The Labute approximate surface area is 103 Å². The summed E-state index contributed by atoms with van der Waals surface area (Å²) in [5.41, 5.74) is 0.880. The third-order valence-corrected chi connectivity index (χ3v) is 2.41. The molecule has 0 fully saturated rings. The van der Waals surface area contributed by atoms with Gasteiger partial charge in [0.1, 0.15) is 11.3 Å². The van der Waals surface area contributed by atoms with Crippen molar-refractivity contribution in [3.63, 3.8) is 0 Å². The van der Waals surface area contributed by atoms with E-state index in [1.807, 2.05) is 6.92 Å². The van der Waals surface area contributed by atoms with Gasteiger partial charge < -0.3 is 13.9 Å². The van der Waals surface area contributed by atoms with Crippen LogP contribution >= 0.6 is 0 Å². The van der Waals surface area contributed by atoms with Gasteiger partial charge in [0.25, 0.3) is 0 Å². The van der Waals surface area contributed by atoms with Crippen LogP contribution in [0, 0.1) is 6.92 Å². The number of esters is 1. The summed E-state index contributed by atoms with van der Waals surface area (Å²) < 4.78 is 14.9. The highest BCUT2D eigenvalue weighted by molar-refractivity contribution is 5.81. The zero-order valence-corrected chi connectivity index (χ0v) is 10.1. The maximum absolute atomic E-state index is 11.2. The van der Waals surface area contributed by atoms with Gasteiger partial charge in [0.2, 0.25) is 6.79 Å². The van der Waals surface area contributed by atoms with E-state index < -0.39 is 11.6 Å². The molecule has 0 unspecified atom stereocenters. The Morgan fingerprint density at radius 2 is 2.11 bits per heavy atom. The van der Waals surface area contributed by atoms with Gasteiger partial charge in [-0.15, -0.1) is 0 Å². The number of hydrogen-bond donors (Lipinski definition) is 0. The predicted octanol–water partition coefficient (Wildman–Crippen LogP) is 2.00. The van der Waals surface area contributed by atoms with Crippen LogP contribution in [-0.2, 0) is 9.53 Å². The second kappa shape index (κ2) is 4.91. The van der Waals surface area contributed by atoms with Crippen LogP contribution in [0.5, 0.6) is 5.75 Å². The number of benzene rings is 1. The number of fused-ring (bicyclic) bond motifs is 1. The summed E-state index contributed by atoms with van der Waals surface area (Å²) in [5.74, 6) is 0.0515. The smallest absolute Gasteiger partial charge is 0.336 e. The maximum atomic E-state index is 11.2. The standard InChI is InChI=1S/C13H12O5/c1-8-5-13(15)18-12-6-10(3-4-11(8)12)17-7-16-9(2)14/h3-6H,7H2,1-2H3. The van der Waals surface area contributed by atoms with Crippen molar-refractivity contribution in [1.29, 1.82) is 0 Å². The number of hydrogen-bond acceptors (Lipinski definition) is 5. The molecule has 0 radical (unpaired) electrons. The molecule has 94 valence electrons. The van der Waals surface area contributed by atoms with Crippen LogP contribution in [-0.4, -0.2) is 12.8 Å². The lowest BCUT2D eigenvalue weighted by molar-refractivity contribution is -0.147. The molecule has 18 heavy (non-hydrogen) atoms. The van der Waals surface area contributed by atoms with Gasteiger partial charge in [0.05, 0.1) is 0 Å². The third kappa shape index (κ3) is 2.68. The van der Waals surface area contributed by atoms with Crippen molar-refractivity contribution in [2.45, 2.75) is 13.8 Å². The highest BCUT2D eigenvalue weighted by atomic mass is 16.7. The summed E-state index contributed by atoms with van der Waals surface area (Å²) in [6.45, 7) is 2.96. The van der Waals surface area contributed by atoms with Crippen LogP contribution in [0.4, 0.5) is 0 Å². The molecule has 1 heterocycles. The third-order valence-electron chi connectivity index (χ3n) is 2.41. The normalized spacial score (nSPS) is 10.3. The van der Waals surface area contributed by atoms with E-state index in [4.69, 9.17) is 9.15 Å². The molecular formula is C13H12O5. The number of carbonyl (C=O) groups excluding carboxylic acids is 1. The van der Waals surface area contributed by atoms with Gasteiger partial charge in [0.15, 0.2) is 0 Å². The van der Waals surface area contributed by atoms with E-state index >= 15 is 0 Å². The van der Waals surface area contributed by atoms with Gasteiger partial charge in [-0.25, -0.2) is 4.79 Å². The summed E-state index contributed by atoms with van der Waals surface area (Å²) in [7, 11) is 0. The molecule has 0 spiro atoms. The average Bonchev–Trinajstić information content (AvgIpc) is 2.27. The van der Waals surface area contributed by atoms with E-state index in [1.54, 1.807) is 18.2 Å². The lowest BCUT2D eigenvalue weighted by Gasteiger charge is -2.07. The zero-order valence-electron chi connectivity index (χ0n) is 10.1. The second-order valence-electron chi connectivity index (χ2n) is 3.80. The molecule has 5 nitrogen and oxygen atoms in total. The Kier molecular flexibility index (Phi) is 3.32. The molecule has 0 aliphatic rings. The first-order valence-electron chi connectivity index (χ1n) is 5.37. The Morgan fingerprint density at radius 3 is 2.83 bits per heavy atom. The predicted molar refractivity (Wildman–Crippen MR) is 64.5 cm³/mol. The van der Waals surface area contributed by atoms with Gasteiger partial charge in [-0.05, 0) is 24.6 Å². The zero-order chi connectivity index (χ0) is 13.1. The first-order chi connectivity index (χ1) is 8.56. The SMILES string of the molecule is CC(=O)OCOc1ccc2c(C)cc(=O)oc2c1. The van der Waals surface area contributed by atoms with Gasteiger partial charge >= 0.3 is 11.6 Å². The van der Waals surface area contributed by atoms with E-state index in [1.165, 1.54) is 13.0 Å². The number of ether oxygens (including phenoxy) is 2. The largest absolute Gasteiger partial charge is 0.457 e. The first kappa shape index (κ1) is 12.2. The molecule has 1 aromatic heterocycles. The molecule has 1 aromatic carbocycles. The molecule has 0 bridgehead atoms. The number of aryl methyl sites for hydroxylation is 1. The van der Waals surface area contributed by atoms with Crippen molar-refractivity contribution >= 4 is 16.9 Å². The quantitative estimate of drug-likeness (QED) is 0.472. The lowest BCUT2D eigenvalue weighted by atomic mass is 10.1. The highest BCUT2D eigenvalue weighted by Gasteiger charge is 2.04. The molecule has 5 heteroatoms. The monoisotopic (exact) mass is 248 g/mol. The topological polar surface area (TPSA) is 65.7 Å². The van der Waals surface area contributed by atoms with E-state index in [2.05, 4.69) is 4.74 Å². The van der Waals surface area contributed by atoms with E-state index in [-0.39, 0.29) is 6.79 Å². The molecule has 0 N–H and O–H groups in total. The highest BCUT2D eigenvalue weighted by Crippen LogP contribution is 2.22. The maximum Gasteiger partial charge on any atom is 0.336 e. The minimum atomic E-state index is -0.418. The summed E-state index contributed by atoms with van der Waals surface area (Å²) >= 11 is 0. The van der Waals surface area contributed by atoms with Crippen molar-refractivity contribution in [2.24, 2.45) is 0 Å². The van der Waals surface area contributed by atoms with Crippen LogP contribution in [0.15, 0.2) is 33.5 Å². The number of carbonyl (C=O) groups is 1. The minimum absolute atomic E-state index is 0.170. The molecule has 0 atom stereocenters. The molecule has 2 rings (SSSR count). The molecule has 0 saturated heterocycles. The molecular weight excluding hydrogens is 236 g/mol. The van der Waals surface area contributed by atoms with Crippen LogP contribution in [0.2, 0.25) is 0 Å². The number of rotatable bonds is 3. The molecule has 2 aromatic rings. The minimum Gasteiger partial charge on any atom is -0.457 e. The Morgan fingerprint density at radius 1 is 1.33 bits per heavy atom. The van der Waals surface area contributed by atoms with Crippen LogP contribution in [0.25, 0.3) is 11.0 Å². The summed E-state index contributed by atoms with van der Waals surface area (Å²) in [4.78, 5) is 21.8. The Bertz CT molecular complexity index is 641. The first-order valence-corrected chi connectivity index (χ1v) is 5.37. The molecule has 0 saturated carbocycles. The fourth-order valence-corrected chi connectivity index (χ4v) is 1.58. The molecule has 0 aliphatic carbocycles. The van der Waals surface area contributed by atoms with Crippen molar-refractivity contribution in [3.8, 4) is 5.75 Å². The van der Waals surface area contributed by atoms with Gasteiger partial charge in [-0.1, -0.05) is 0 Å². The van der Waals surface area contributed by atoms with Crippen LogP contribution < -0.4 is 10.4 Å². The van der Waals surface area contributed by atoms with E-state index in [9.17, 15) is 9.59 Å². The second-order valence-corrected chi connectivity index (χ2v) is 3.80. The summed E-state index contributed by atoms with van der Waals surface area (Å²) in [6, 6.07) is 6.53. The van der Waals surface area contributed by atoms with Gasteiger partial charge in [-0.2, -0.15) is 0 Å². The van der Waals surface area contributed by atoms with Gasteiger partial charge in [-0.3, -0.25) is 4.79 Å². The fraction of sp³-hybridized carbons (Fsp3) is 0.231. The Balaban J connectivity index is 2.27. The van der Waals surface area contributed by atoms with Crippen molar-refractivity contribution in [3.05, 3.63) is 40.2 Å². The molecule has 0 aliphatic heterocycles. The van der Waals surface area contributed by atoms with Crippen LogP contribution in [0.3, 0.4) is 0 Å². The average molecular weight is 248 g/mol. The van der Waals surface area contributed by atoms with Crippen LogP contribution in [0.1, 0.15) is 12.5 Å². The Hall–Kier alpha value is -2.30. The lowest BCUT2D eigenvalue weighted by Crippen LogP contribution is -2.06. The van der Waals surface area contributed by atoms with Crippen molar-refractivity contribution in [2.75, 3.05) is 6.79 Å². The summed E-state index contributed by atoms with van der Waals surface area (Å²) in [6.07, 6.45) is 0. The van der Waals surface area contributed by atoms with E-state index in [0.717, 1.165) is 10.9 Å². The van der Waals surface area contributed by atoms with Crippen molar-refractivity contribution < 1.29 is 18.7 Å². The van der Waals surface area contributed by atoms with Crippen molar-refractivity contribution in [1.82, 2.24) is 0 Å². The van der Waals surface area contributed by atoms with Gasteiger partial charge in [0, 0.05) is 24.4 Å². The molecule has 0 amide bonds. The van der Waals surface area contributed by atoms with E-state index in [0.29, 0.717) is 11.3 Å².